The van der Waals surface area contributed by atoms with Crippen molar-refractivity contribution in [3.8, 4) is 11.5 Å². The molecule has 1 aliphatic heterocycles. The average molecular weight is 396 g/mol. The quantitative estimate of drug-likeness (QED) is 0.815. The fourth-order valence-corrected chi connectivity index (χ4v) is 3.55. The third-order valence-corrected chi connectivity index (χ3v) is 5.26. The van der Waals surface area contributed by atoms with E-state index >= 15 is 0 Å². The van der Waals surface area contributed by atoms with E-state index in [4.69, 9.17) is 9.47 Å². The molecule has 1 heterocycles. The fraction of sp³-hybridized carbons (Fsp3) is 0.391. The van der Waals surface area contributed by atoms with Crippen molar-refractivity contribution in [3.63, 3.8) is 0 Å². The smallest absolute Gasteiger partial charge is 0.253 e. The van der Waals surface area contributed by atoms with Crippen LogP contribution in [0.4, 0.5) is 0 Å². The van der Waals surface area contributed by atoms with Crippen molar-refractivity contribution in [1.29, 1.82) is 0 Å². The number of hydrogen-bond donors (Lipinski definition) is 1. The number of carbonyl (C=O) groups excluding carboxylic acids is 2. The van der Waals surface area contributed by atoms with E-state index in [0.29, 0.717) is 36.6 Å². The maximum Gasteiger partial charge on any atom is 0.253 e. The molecule has 1 N–H and O–H groups in total. The van der Waals surface area contributed by atoms with Gasteiger partial charge in [0.2, 0.25) is 5.91 Å². The Labute approximate surface area is 171 Å². The van der Waals surface area contributed by atoms with E-state index in [0.717, 1.165) is 18.4 Å². The summed E-state index contributed by atoms with van der Waals surface area (Å²) in [4.78, 5) is 26.9. The highest BCUT2D eigenvalue weighted by Crippen LogP contribution is 2.28. The summed E-state index contributed by atoms with van der Waals surface area (Å²) >= 11 is 0. The molecule has 2 amide bonds. The largest absolute Gasteiger partial charge is 0.493 e. The predicted molar refractivity (Wildman–Crippen MR) is 111 cm³/mol. The van der Waals surface area contributed by atoms with Gasteiger partial charge in [-0.2, -0.15) is 0 Å². The lowest BCUT2D eigenvalue weighted by Crippen LogP contribution is -2.46. The highest BCUT2D eigenvalue weighted by Gasteiger charge is 2.25. The number of nitrogens with one attached hydrogen (secondary N) is 1. The van der Waals surface area contributed by atoms with E-state index < -0.39 is 0 Å². The molecule has 3 rings (SSSR count). The van der Waals surface area contributed by atoms with Gasteiger partial charge >= 0.3 is 0 Å². The van der Waals surface area contributed by atoms with Gasteiger partial charge in [0, 0.05) is 24.7 Å². The summed E-state index contributed by atoms with van der Waals surface area (Å²) in [5.41, 5.74) is 2.76. The molecular formula is C23H28N2O4. The molecule has 2 aromatic carbocycles. The molecule has 6 heteroatoms. The average Bonchev–Trinajstić information content (AvgIpc) is 2.75. The van der Waals surface area contributed by atoms with Gasteiger partial charge in [-0.1, -0.05) is 29.8 Å². The van der Waals surface area contributed by atoms with Crippen LogP contribution in [0, 0.1) is 6.92 Å². The zero-order valence-corrected chi connectivity index (χ0v) is 17.2. The second-order valence-corrected chi connectivity index (χ2v) is 7.37. The summed E-state index contributed by atoms with van der Waals surface area (Å²) < 4.78 is 10.5. The third kappa shape index (κ3) is 5.28. The number of benzene rings is 2. The number of hydrogen-bond acceptors (Lipinski definition) is 4. The Morgan fingerprint density at radius 2 is 1.66 bits per heavy atom. The number of rotatable bonds is 6. The van der Waals surface area contributed by atoms with E-state index in [1.807, 2.05) is 36.1 Å². The van der Waals surface area contributed by atoms with E-state index in [1.165, 1.54) is 5.56 Å². The summed E-state index contributed by atoms with van der Waals surface area (Å²) in [7, 11) is 3.12. The molecule has 0 atom stereocenters. The first-order valence-corrected chi connectivity index (χ1v) is 9.86. The predicted octanol–water partition coefficient (Wildman–Crippen LogP) is 2.98. The monoisotopic (exact) mass is 396 g/mol. The van der Waals surface area contributed by atoms with Gasteiger partial charge < -0.3 is 19.7 Å². The van der Waals surface area contributed by atoms with Crippen molar-refractivity contribution in [2.75, 3.05) is 27.3 Å². The second-order valence-electron chi connectivity index (χ2n) is 7.37. The van der Waals surface area contributed by atoms with Crippen LogP contribution in [-0.4, -0.2) is 50.1 Å². The number of likely N-dealkylation sites (tertiary alicyclic amines) is 1. The summed E-state index contributed by atoms with van der Waals surface area (Å²) in [5, 5.41) is 3.10. The maximum atomic E-state index is 12.8. The zero-order valence-electron chi connectivity index (χ0n) is 17.2. The van der Waals surface area contributed by atoms with E-state index in [-0.39, 0.29) is 17.9 Å². The number of amides is 2. The lowest BCUT2D eigenvalue weighted by atomic mass is 10.0. The van der Waals surface area contributed by atoms with Crippen molar-refractivity contribution in [1.82, 2.24) is 10.2 Å². The van der Waals surface area contributed by atoms with Crippen LogP contribution in [-0.2, 0) is 11.2 Å². The molecule has 0 aromatic heterocycles. The Bertz CT molecular complexity index is 856. The van der Waals surface area contributed by atoms with Crippen molar-refractivity contribution < 1.29 is 19.1 Å². The standard InChI is InChI=1S/C23H28N2O4/c1-16-4-6-17(7-5-16)14-22(26)24-19-10-12-25(13-11-19)23(27)18-8-9-20(28-2)21(15-18)29-3/h4-9,15,19H,10-14H2,1-3H3,(H,24,26). The fourth-order valence-electron chi connectivity index (χ4n) is 3.55. The van der Waals surface area contributed by atoms with Crippen LogP contribution in [0.15, 0.2) is 42.5 Å². The van der Waals surface area contributed by atoms with Crippen molar-refractivity contribution in [3.05, 3.63) is 59.2 Å². The first kappa shape index (κ1) is 20.7. The van der Waals surface area contributed by atoms with Gasteiger partial charge in [-0.05, 0) is 43.5 Å². The van der Waals surface area contributed by atoms with Gasteiger partial charge in [0.1, 0.15) is 0 Å². The molecule has 154 valence electrons. The molecule has 29 heavy (non-hydrogen) atoms. The molecule has 0 bridgehead atoms. The number of carbonyl (C=O) groups is 2. The molecule has 0 radical (unpaired) electrons. The van der Waals surface area contributed by atoms with Crippen LogP contribution >= 0.6 is 0 Å². The zero-order chi connectivity index (χ0) is 20.8. The lowest BCUT2D eigenvalue weighted by Gasteiger charge is -2.32. The van der Waals surface area contributed by atoms with Crippen LogP contribution in [0.1, 0.15) is 34.3 Å². The van der Waals surface area contributed by atoms with Crippen LogP contribution in [0.2, 0.25) is 0 Å². The maximum absolute atomic E-state index is 12.8. The van der Waals surface area contributed by atoms with Crippen LogP contribution in [0.5, 0.6) is 11.5 Å². The van der Waals surface area contributed by atoms with Crippen LogP contribution in [0.3, 0.4) is 0 Å². The van der Waals surface area contributed by atoms with Gasteiger partial charge in [0.15, 0.2) is 11.5 Å². The van der Waals surface area contributed by atoms with Gasteiger partial charge in [0.05, 0.1) is 20.6 Å². The van der Waals surface area contributed by atoms with E-state index in [2.05, 4.69) is 5.32 Å². The van der Waals surface area contributed by atoms with Crippen molar-refractivity contribution in [2.45, 2.75) is 32.2 Å². The van der Waals surface area contributed by atoms with Gasteiger partial charge in [0.25, 0.3) is 5.91 Å². The number of nitrogens with zero attached hydrogens (tertiary/aromatic N) is 1. The molecule has 1 aliphatic rings. The highest BCUT2D eigenvalue weighted by atomic mass is 16.5. The summed E-state index contributed by atoms with van der Waals surface area (Å²) in [5.74, 6) is 1.13. The second kappa shape index (κ2) is 9.45. The minimum atomic E-state index is -0.0321. The molecule has 6 nitrogen and oxygen atoms in total. The first-order valence-electron chi connectivity index (χ1n) is 9.86. The molecule has 0 aliphatic carbocycles. The van der Waals surface area contributed by atoms with Gasteiger partial charge in [-0.3, -0.25) is 9.59 Å². The van der Waals surface area contributed by atoms with E-state index in [9.17, 15) is 9.59 Å². The normalized spacial score (nSPS) is 14.4. The Morgan fingerprint density at radius 3 is 2.28 bits per heavy atom. The van der Waals surface area contributed by atoms with Crippen LogP contribution < -0.4 is 14.8 Å². The summed E-state index contributed by atoms with van der Waals surface area (Å²) in [6.45, 7) is 3.26. The molecule has 1 fully saturated rings. The lowest BCUT2D eigenvalue weighted by molar-refractivity contribution is -0.121. The van der Waals surface area contributed by atoms with E-state index in [1.54, 1.807) is 32.4 Å². The molecule has 1 saturated heterocycles. The topological polar surface area (TPSA) is 67.9 Å². The minimum Gasteiger partial charge on any atom is -0.493 e. The van der Waals surface area contributed by atoms with Crippen LogP contribution in [0.25, 0.3) is 0 Å². The Morgan fingerprint density at radius 1 is 1.00 bits per heavy atom. The molecule has 0 saturated carbocycles. The number of piperidine rings is 1. The molecular weight excluding hydrogens is 368 g/mol. The summed E-state index contributed by atoms with van der Waals surface area (Å²) in [6.07, 6.45) is 1.88. The molecule has 2 aromatic rings. The van der Waals surface area contributed by atoms with Gasteiger partial charge in [-0.25, -0.2) is 0 Å². The SMILES string of the molecule is COc1ccc(C(=O)N2CCC(NC(=O)Cc3ccc(C)cc3)CC2)cc1OC. The summed E-state index contributed by atoms with van der Waals surface area (Å²) in [6, 6.07) is 13.3. The Kier molecular flexibility index (Phi) is 6.75. The van der Waals surface area contributed by atoms with Gasteiger partial charge in [-0.15, -0.1) is 0 Å². The number of aryl methyl sites for hydroxylation is 1. The Hall–Kier alpha value is -3.02. The number of methoxy groups -OCH3 is 2. The van der Waals surface area contributed by atoms with Crippen molar-refractivity contribution in [2.24, 2.45) is 0 Å². The number of ether oxygens (including phenoxy) is 2. The third-order valence-electron chi connectivity index (χ3n) is 5.26. The molecule has 0 unspecified atom stereocenters. The highest BCUT2D eigenvalue weighted by molar-refractivity contribution is 5.95. The molecule has 0 spiro atoms. The minimum absolute atomic E-state index is 0.0264. The Balaban J connectivity index is 1.51. The van der Waals surface area contributed by atoms with Crippen molar-refractivity contribution >= 4 is 11.8 Å². The first-order chi connectivity index (χ1) is 14.0.